The van der Waals surface area contributed by atoms with Gasteiger partial charge in [0.25, 0.3) is 5.91 Å². The number of aliphatic hydroxyl groups is 1. The summed E-state index contributed by atoms with van der Waals surface area (Å²) in [4.78, 5) is 25.8. The van der Waals surface area contributed by atoms with Gasteiger partial charge in [-0.3, -0.25) is 4.79 Å². The molecule has 6 nitrogen and oxygen atoms in total. The normalized spacial score (nSPS) is 11.9. The number of carboxylic acids is 1. The first-order valence-corrected chi connectivity index (χ1v) is 5.17. The van der Waals surface area contributed by atoms with Gasteiger partial charge in [-0.1, -0.05) is 23.2 Å². The van der Waals surface area contributed by atoms with Gasteiger partial charge in [-0.2, -0.15) is 0 Å². The van der Waals surface area contributed by atoms with Crippen molar-refractivity contribution in [3.05, 3.63) is 28.0 Å². The van der Waals surface area contributed by atoms with Crippen molar-refractivity contribution in [2.75, 3.05) is 6.61 Å². The Bertz CT molecular complexity index is 432. The molecule has 1 aromatic heterocycles. The Morgan fingerprint density at radius 3 is 2.29 bits per heavy atom. The lowest BCUT2D eigenvalue weighted by molar-refractivity contribution is -0.140. The van der Waals surface area contributed by atoms with Gasteiger partial charge < -0.3 is 15.5 Å². The van der Waals surface area contributed by atoms with E-state index in [0.717, 1.165) is 0 Å². The summed E-state index contributed by atoms with van der Waals surface area (Å²) in [6.45, 7) is -0.715. The molecule has 0 aliphatic carbocycles. The smallest absolute Gasteiger partial charge is 0.328 e. The average Bonchev–Trinajstić information content (AvgIpc) is 2.23. The first-order valence-electron chi connectivity index (χ1n) is 4.41. The summed E-state index contributed by atoms with van der Waals surface area (Å²) in [5.41, 5.74) is 0.0645. The Labute approximate surface area is 106 Å². The van der Waals surface area contributed by atoms with E-state index in [9.17, 15) is 9.59 Å². The molecule has 1 amide bonds. The quantitative estimate of drug-likeness (QED) is 0.699. The summed E-state index contributed by atoms with van der Waals surface area (Å²) in [6, 6.07) is 1.09. The van der Waals surface area contributed by atoms with Gasteiger partial charge in [-0.25, -0.2) is 9.78 Å². The molecule has 0 unspecified atom stereocenters. The standard InChI is InChI=1S/C9H8Cl2N2O4/c10-6-1-4(2-7(11)13-6)8(15)12-5(3-14)9(16)17/h1-2,5,14H,3H2,(H,12,15)(H,16,17)/t5-/m1/s1. The van der Waals surface area contributed by atoms with Crippen LogP contribution in [0.25, 0.3) is 0 Å². The summed E-state index contributed by atoms with van der Waals surface area (Å²) in [7, 11) is 0. The molecule has 0 saturated heterocycles. The molecular weight excluding hydrogens is 271 g/mol. The van der Waals surface area contributed by atoms with Crippen LogP contribution in [0, 0.1) is 0 Å². The van der Waals surface area contributed by atoms with E-state index in [1.165, 1.54) is 12.1 Å². The molecule has 92 valence electrons. The molecule has 1 heterocycles. The first kappa shape index (κ1) is 13.7. The third kappa shape index (κ3) is 3.85. The van der Waals surface area contributed by atoms with Crippen LogP contribution in [0.4, 0.5) is 0 Å². The van der Waals surface area contributed by atoms with E-state index in [1.807, 2.05) is 0 Å². The average molecular weight is 279 g/mol. The van der Waals surface area contributed by atoms with Crippen molar-refractivity contribution in [1.29, 1.82) is 0 Å². The summed E-state index contributed by atoms with van der Waals surface area (Å²) < 4.78 is 0. The lowest BCUT2D eigenvalue weighted by atomic mass is 10.2. The molecule has 0 aliphatic heterocycles. The van der Waals surface area contributed by atoms with Crippen LogP contribution in [0.15, 0.2) is 12.1 Å². The molecule has 17 heavy (non-hydrogen) atoms. The number of nitrogens with zero attached hydrogens (tertiary/aromatic N) is 1. The van der Waals surface area contributed by atoms with Crippen molar-refractivity contribution in [3.63, 3.8) is 0 Å². The van der Waals surface area contributed by atoms with Crippen LogP contribution in [-0.4, -0.2) is 39.7 Å². The van der Waals surface area contributed by atoms with Crippen LogP contribution >= 0.6 is 23.2 Å². The molecule has 0 spiro atoms. The SMILES string of the molecule is O=C(N[C@H](CO)C(=O)O)c1cc(Cl)nc(Cl)c1. The van der Waals surface area contributed by atoms with Crippen LogP contribution in [0.1, 0.15) is 10.4 Å². The van der Waals surface area contributed by atoms with Gasteiger partial charge >= 0.3 is 5.97 Å². The predicted molar refractivity (Wildman–Crippen MR) is 60.2 cm³/mol. The highest BCUT2D eigenvalue weighted by Crippen LogP contribution is 2.14. The van der Waals surface area contributed by atoms with Crippen LogP contribution < -0.4 is 5.32 Å². The lowest BCUT2D eigenvalue weighted by Gasteiger charge is -2.11. The number of hydrogen-bond donors (Lipinski definition) is 3. The topological polar surface area (TPSA) is 99.5 Å². The number of aliphatic hydroxyl groups excluding tert-OH is 1. The molecule has 8 heteroatoms. The summed E-state index contributed by atoms with van der Waals surface area (Å²) in [5.74, 6) is -2.05. The maximum absolute atomic E-state index is 11.6. The van der Waals surface area contributed by atoms with Crippen molar-refractivity contribution in [2.24, 2.45) is 0 Å². The fourth-order valence-corrected chi connectivity index (χ4v) is 1.48. The third-order valence-electron chi connectivity index (χ3n) is 1.81. The number of pyridine rings is 1. The molecule has 0 saturated carbocycles. The van der Waals surface area contributed by atoms with Crippen LogP contribution in [0.5, 0.6) is 0 Å². The number of amides is 1. The zero-order chi connectivity index (χ0) is 13.0. The van der Waals surface area contributed by atoms with Gasteiger partial charge in [0.15, 0.2) is 6.04 Å². The van der Waals surface area contributed by atoms with Crippen molar-refractivity contribution >= 4 is 35.1 Å². The van der Waals surface area contributed by atoms with Crippen LogP contribution in [0.3, 0.4) is 0 Å². The molecule has 1 rings (SSSR count). The van der Waals surface area contributed by atoms with E-state index in [1.54, 1.807) is 0 Å². The minimum absolute atomic E-state index is 0.0125. The molecule has 0 aliphatic rings. The Hall–Kier alpha value is -1.37. The van der Waals surface area contributed by atoms with E-state index in [4.69, 9.17) is 33.4 Å². The van der Waals surface area contributed by atoms with Crippen molar-refractivity contribution in [1.82, 2.24) is 10.3 Å². The number of aromatic nitrogens is 1. The molecule has 1 atom stereocenters. The number of carbonyl (C=O) groups excluding carboxylic acids is 1. The van der Waals surface area contributed by atoms with E-state index in [-0.39, 0.29) is 15.9 Å². The monoisotopic (exact) mass is 278 g/mol. The van der Waals surface area contributed by atoms with Gasteiger partial charge in [-0.05, 0) is 12.1 Å². The van der Waals surface area contributed by atoms with E-state index >= 15 is 0 Å². The Morgan fingerprint density at radius 2 is 1.88 bits per heavy atom. The maximum atomic E-state index is 11.6. The number of rotatable bonds is 4. The Balaban J connectivity index is 2.86. The zero-order valence-corrected chi connectivity index (χ0v) is 9.87. The number of carboxylic acid groups (broad SMARTS) is 1. The summed E-state index contributed by atoms with van der Waals surface area (Å²) in [5, 5.41) is 19.5. The van der Waals surface area contributed by atoms with Gasteiger partial charge in [-0.15, -0.1) is 0 Å². The van der Waals surface area contributed by atoms with Crippen molar-refractivity contribution < 1.29 is 19.8 Å². The highest BCUT2D eigenvalue weighted by molar-refractivity contribution is 6.33. The number of carbonyl (C=O) groups is 2. The minimum atomic E-state index is -1.38. The second-order valence-electron chi connectivity index (χ2n) is 3.05. The fourth-order valence-electron chi connectivity index (χ4n) is 1.02. The predicted octanol–water partition coefficient (Wildman–Crippen LogP) is 0.564. The van der Waals surface area contributed by atoms with E-state index < -0.39 is 24.5 Å². The van der Waals surface area contributed by atoms with Gasteiger partial charge in [0, 0.05) is 5.56 Å². The van der Waals surface area contributed by atoms with Gasteiger partial charge in [0.1, 0.15) is 10.3 Å². The summed E-state index contributed by atoms with van der Waals surface area (Å²) in [6.07, 6.45) is 0. The second-order valence-corrected chi connectivity index (χ2v) is 3.82. The molecule has 3 N–H and O–H groups in total. The van der Waals surface area contributed by atoms with E-state index in [2.05, 4.69) is 10.3 Å². The number of nitrogens with one attached hydrogen (secondary N) is 1. The van der Waals surface area contributed by atoms with Gasteiger partial charge in [0.2, 0.25) is 0 Å². The van der Waals surface area contributed by atoms with Crippen LogP contribution in [0.2, 0.25) is 10.3 Å². The highest BCUT2D eigenvalue weighted by Gasteiger charge is 2.20. The first-order chi connectivity index (χ1) is 7.93. The van der Waals surface area contributed by atoms with Crippen LogP contribution in [-0.2, 0) is 4.79 Å². The Kier molecular flexibility index (Phi) is 4.68. The lowest BCUT2D eigenvalue weighted by Crippen LogP contribution is -2.43. The molecule has 0 radical (unpaired) electrons. The highest BCUT2D eigenvalue weighted by atomic mass is 35.5. The number of halogens is 2. The zero-order valence-electron chi connectivity index (χ0n) is 8.35. The van der Waals surface area contributed by atoms with Crippen molar-refractivity contribution in [3.8, 4) is 0 Å². The largest absolute Gasteiger partial charge is 0.480 e. The van der Waals surface area contributed by atoms with Crippen molar-refractivity contribution in [2.45, 2.75) is 6.04 Å². The number of aliphatic carboxylic acids is 1. The molecule has 0 aromatic carbocycles. The molecule has 1 aromatic rings. The maximum Gasteiger partial charge on any atom is 0.328 e. The number of hydrogen-bond acceptors (Lipinski definition) is 4. The molecule has 0 fully saturated rings. The molecule has 0 bridgehead atoms. The summed E-state index contributed by atoms with van der Waals surface area (Å²) >= 11 is 11.2. The fraction of sp³-hybridized carbons (Fsp3) is 0.222. The second kappa shape index (κ2) is 5.81. The third-order valence-corrected chi connectivity index (χ3v) is 2.20. The van der Waals surface area contributed by atoms with Gasteiger partial charge in [0.05, 0.1) is 6.61 Å². The molecular formula is C9H8Cl2N2O4. The minimum Gasteiger partial charge on any atom is -0.480 e. The Morgan fingerprint density at radius 1 is 1.35 bits per heavy atom. The van der Waals surface area contributed by atoms with E-state index in [0.29, 0.717) is 0 Å².